The molecule has 26 heavy (non-hydrogen) atoms. The first-order valence-electron chi connectivity index (χ1n) is 9.26. The molecule has 0 radical (unpaired) electrons. The highest BCUT2D eigenvalue weighted by molar-refractivity contribution is 5.74. The molecule has 1 aliphatic heterocycles. The van der Waals surface area contributed by atoms with Crippen molar-refractivity contribution in [1.29, 1.82) is 0 Å². The summed E-state index contributed by atoms with van der Waals surface area (Å²) in [4.78, 5) is 22.9. The molecule has 2 aromatic heterocycles. The third kappa shape index (κ3) is 4.53. The number of carbonyl (C=O) groups excluding carboxylic acids is 1. The fraction of sp³-hybridized carbons (Fsp3) is 0.526. The second-order valence-corrected chi connectivity index (χ2v) is 6.67. The normalized spacial score (nSPS) is 16.3. The van der Waals surface area contributed by atoms with Crippen LogP contribution in [0.5, 0.6) is 5.75 Å². The maximum atomic E-state index is 12.7. The largest absolute Gasteiger partial charge is 0.490 e. The van der Waals surface area contributed by atoms with Crippen molar-refractivity contribution in [3.63, 3.8) is 0 Å². The van der Waals surface area contributed by atoms with Gasteiger partial charge in [-0.15, -0.1) is 0 Å². The summed E-state index contributed by atoms with van der Waals surface area (Å²) >= 11 is 0. The van der Waals surface area contributed by atoms with E-state index in [0.29, 0.717) is 13.1 Å². The first-order valence-corrected chi connectivity index (χ1v) is 9.26. The van der Waals surface area contributed by atoms with Crippen LogP contribution >= 0.6 is 0 Å². The quantitative estimate of drug-likeness (QED) is 0.863. The van der Waals surface area contributed by atoms with Crippen LogP contribution < -0.4 is 10.1 Å². The van der Waals surface area contributed by atoms with Crippen LogP contribution in [0.1, 0.15) is 44.5 Å². The molecule has 2 amide bonds. The van der Waals surface area contributed by atoms with Gasteiger partial charge in [0, 0.05) is 57.8 Å². The van der Waals surface area contributed by atoms with E-state index in [-0.39, 0.29) is 18.2 Å². The fourth-order valence-corrected chi connectivity index (χ4v) is 3.29. The van der Waals surface area contributed by atoms with E-state index in [0.717, 1.165) is 37.3 Å². The molecule has 1 atom stereocenters. The zero-order valence-electron chi connectivity index (χ0n) is 15.5. The van der Waals surface area contributed by atoms with Gasteiger partial charge < -0.3 is 19.5 Å². The molecule has 3 heterocycles. The van der Waals surface area contributed by atoms with Gasteiger partial charge in [-0.25, -0.2) is 9.78 Å². The van der Waals surface area contributed by atoms with Gasteiger partial charge in [0.15, 0.2) is 0 Å². The zero-order valence-corrected chi connectivity index (χ0v) is 15.5. The SMILES string of the molecule is CCC[C@@H](NC(=O)N1CCC(Oc2ccncc2)CC1)c1nccn1C. The topological polar surface area (TPSA) is 72.3 Å². The number of imidazole rings is 1. The van der Waals surface area contributed by atoms with Crippen molar-refractivity contribution in [2.75, 3.05) is 13.1 Å². The molecule has 0 aromatic carbocycles. The van der Waals surface area contributed by atoms with Crippen molar-refractivity contribution >= 4 is 6.03 Å². The van der Waals surface area contributed by atoms with Gasteiger partial charge in [-0.05, 0) is 18.6 Å². The molecule has 0 saturated carbocycles. The number of aryl methyl sites for hydroxylation is 1. The predicted octanol–water partition coefficient (Wildman–Crippen LogP) is 2.91. The van der Waals surface area contributed by atoms with E-state index < -0.39 is 0 Å². The number of nitrogens with one attached hydrogen (secondary N) is 1. The standard InChI is InChI=1S/C19H27N5O2/c1-3-4-17(18-21-11-14-23(18)2)22-19(25)24-12-7-16(8-13-24)26-15-5-9-20-10-6-15/h5-6,9-11,14,16-17H,3-4,7-8,12-13H2,1-2H3,(H,22,25)/t17-/m1/s1. The highest BCUT2D eigenvalue weighted by atomic mass is 16.5. The minimum atomic E-state index is -0.0571. The summed E-state index contributed by atoms with van der Waals surface area (Å²) in [6.45, 7) is 3.51. The Morgan fingerprint density at radius 2 is 2.04 bits per heavy atom. The Labute approximate surface area is 154 Å². The molecule has 140 valence electrons. The van der Waals surface area contributed by atoms with E-state index in [1.165, 1.54) is 0 Å². The maximum absolute atomic E-state index is 12.7. The molecule has 1 fully saturated rings. The van der Waals surface area contributed by atoms with E-state index >= 15 is 0 Å². The smallest absolute Gasteiger partial charge is 0.317 e. The summed E-state index contributed by atoms with van der Waals surface area (Å²) in [5, 5.41) is 3.15. The summed E-state index contributed by atoms with van der Waals surface area (Å²) in [5.74, 6) is 1.73. The molecule has 1 saturated heterocycles. The summed E-state index contributed by atoms with van der Waals surface area (Å²) in [6, 6.07) is 3.65. The molecule has 0 unspecified atom stereocenters. The van der Waals surface area contributed by atoms with E-state index in [1.54, 1.807) is 18.6 Å². The van der Waals surface area contributed by atoms with Crippen LogP contribution in [0, 0.1) is 0 Å². The van der Waals surface area contributed by atoms with Gasteiger partial charge in [-0.2, -0.15) is 0 Å². The molecular formula is C19H27N5O2. The molecule has 0 spiro atoms. The minimum absolute atomic E-state index is 0.0196. The van der Waals surface area contributed by atoms with Crippen molar-refractivity contribution in [2.45, 2.75) is 44.8 Å². The molecule has 1 N–H and O–H groups in total. The van der Waals surface area contributed by atoms with Gasteiger partial charge >= 0.3 is 6.03 Å². The number of urea groups is 1. The van der Waals surface area contributed by atoms with Gasteiger partial charge in [-0.1, -0.05) is 13.3 Å². The molecule has 1 aliphatic rings. The van der Waals surface area contributed by atoms with Crippen LogP contribution in [0.25, 0.3) is 0 Å². The summed E-state index contributed by atoms with van der Waals surface area (Å²) in [7, 11) is 1.96. The van der Waals surface area contributed by atoms with Crippen LogP contribution in [-0.2, 0) is 7.05 Å². The number of aromatic nitrogens is 3. The molecule has 3 rings (SSSR count). The molecule has 7 nitrogen and oxygen atoms in total. The second-order valence-electron chi connectivity index (χ2n) is 6.67. The highest BCUT2D eigenvalue weighted by Gasteiger charge is 2.26. The summed E-state index contributed by atoms with van der Waals surface area (Å²) in [5.41, 5.74) is 0. The first-order chi connectivity index (χ1) is 12.7. The van der Waals surface area contributed by atoms with Gasteiger partial charge in [0.1, 0.15) is 17.7 Å². The predicted molar refractivity (Wildman–Crippen MR) is 98.8 cm³/mol. The second kappa shape index (κ2) is 8.69. The van der Waals surface area contributed by atoms with E-state index in [9.17, 15) is 4.79 Å². The van der Waals surface area contributed by atoms with Crippen molar-refractivity contribution < 1.29 is 9.53 Å². The maximum Gasteiger partial charge on any atom is 0.317 e. The van der Waals surface area contributed by atoms with E-state index in [2.05, 4.69) is 22.2 Å². The number of ether oxygens (including phenoxy) is 1. The Balaban J connectivity index is 1.52. The summed E-state index contributed by atoms with van der Waals surface area (Å²) < 4.78 is 7.93. The average molecular weight is 357 g/mol. The third-order valence-electron chi connectivity index (χ3n) is 4.73. The number of amides is 2. The lowest BCUT2D eigenvalue weighted by molar-refractivity contribution is 0.109. The number of carbonyl (C=O) groups is 1. The zero-order chi connectivity index (χ0) is 18.4. The van der Waals surface area contributed by atoms with Gasteiger partial charge in [-0.3, -0.25) is 4.98 Å². The van der Waals surface area contributed by atoms with Crippen molar-refractivity contribution in [2.24, 2.45) is 7.05 Å². The van der Waals surface area contributed by atoms with Gasteiger partial charge in [0.25, 0.3) is 0 Å². The lowest BCUT2D eigenvalue weighted by Gasteiger charge is -2.33. The number of likely N-dealkylation sites (tertiary alicyclic amines) is 1. The number of rotatable bonds is 6. The fourth-order valence-electron chi connectivity index (χ4n) is 3.29. The monoisotopic (exact) mass is 357 g/mol. The minimum Gasteiger partial charge on any atom is -0.490 e. The number of piperidine rings is 1. The molecular weight excluding hydrogens is 330 g/mol. The van der Waals surface area contributed by atoms with Crippen LogP contribution in [0.4, 0.5) is 4.79 Å². The Morgan fingerprint density at radius 3 is 2.65 bits per heavy atom. The Hall–Kier alpha value is -2.57. The van der Waals surface area contributed by atoms with Crippen molar-refractivity contribution in [3.05, 3.63) is 42.7 Å². The molecule has 0 aliphatic carbocycles. The Bertz CT molecular complexity index is 695. The number of nitrogens with zero attached hydrogens (tertiary/aromatic N) is 4. The van der Waals surface area contributed by atoms with Crippen LogP contribution in [0.3, 0.4) is 0 Å². The molecule has 0 bridgehead atoms. The molecule has 2 aromatic rings. The Morgan fingerprint density at radius 1 is 1.31 bits per heavy atom. The van der Waals surface area contributed by atoms with Crippen LogP contribution in [0.15, 0.2) is 36.9 Å². The average Bonchev–Trinajstić information content (AvgIpc) is 3.08. The summed E-state index contributed by atoms with van der Waals surface area (Å²) in [6.07, 6.45) is 10.8. The lowest BCUT2D eigenvalue weighted by atomic mass is 10.1. The van der Waals surface area contributed by atoms with Gasteiger partial charge in [0.2, 0.25) is 0 Å². The van der Waals surface area contributed by atoms with E-state index in [4.69, 9.17) is 4.74 Å². The van der Waals surface area contributed by atoms with E-state index in [1.807, 2.05) is 34.8 Å². The Kier molecular flexibility index (Phi) is 6.09. The number of pyridine rings is 1. The number of hydrogen-bond donors (Lipinski definition) is 1. The third-order valence-corrected chi connectivity index (χ3v) is 4.73. The lowest BCUT2D eigenvalue weighted by Crippen LogP contribution is -2.47. The van der Waals surface area contributed by atoms with Crippen molar-refractivity contribution in [1.82, 2.24) is 24.8 Å². The van der Waals surface area contributed by atoms with Crippen molar-refractivity contribution in [3.8, 4) is 5.75 Å². The van der Waals surface area contributed by atoms with Crippen LogP contribution in [0.2, 0.25) is 0 Å². The molecule has 7 heteroatoms. The highest BCUT2D eigenvalue weighted by Crippen LogP contribution is 2.20. The first kappa shape index (κ1) is 18.2. The van der Waals surface area contributed by atoms with Crippen LogP contribution in [-0.4, -0.2) is 44.7 Å². The van der Waals surface area contributed by atoms with Gasteiger partial charge in [0.05, 0.1) is 6.04 Å². The number of hydrogen-bond acceptors (Lipinski definition) is 4.